The maximum absolute atomic E-state index is 10.6. The van der Waals surface area contributed by atoms with Crippen molar-refractivity contribution in [2.24, 2.45) is 5.92 Å². The first-order valence-corrected chi connectivity index (χ1v) is 6.81. The second kappa shape index (κ2) is 5.19. The Bertz CT molecular complexity index is 419. The zero-order valence-electron chi connectivity index (χ0n) is 11.4. The minimum atomic E-state index is -0.561. The van der Waals surface area contributed by atoms with E-state index in [1.807, 2.05) is 18.2 Å². The quantitative estimate of drug-likeness (QED) is 0.721. The molecule has 2 unspecified atom stereocenters. The largest absolute Gasteiger partial charge is 0.399 e. The normalized spacial score (nSPS) is 28.1. The van der Waals surface area contributed by atoms with Crippen molar-refractivity contribution in [3.8, 4) is 0 Å². The zero-order valence-corrected chi connectivity index (χ0v) is 11.4. The lowest BCUT2D eigenvalue weighted by Crippen LogP contribution is -2.41. The van der Waals surface area contributed by atoms with Crippen LogP contribution in [0.3, 0.4) is 0 Å². The maximum atomic E-state index is 10.6. The van der Waals surface area contributed by atoms with Gasteiger partial charge in [0.15, 0.2) is 0 Å². The molecule has 0 heterocycles. The second-order valence-electron chi connectivity index (χ2n) is 5.85. The summed E-state index contributed by atoms with van der Waals surface area (Å²) in [5, 5.41) is 13.9. The number of nitrogen functional groups attached to an aromatic ring is 1. The summed E-state index contributed by atoms with van der Waals surface area (Å²) in [6, 6.07) is 5.84. The monoisotopic (exact) mass is 248 g/mol. The van der Waals surface area contributed by atoms with Gasteiger partial charge in [-0.2, -0.15) is 0 Å². The number of nitrogens with one attached hydrogen (secondary N) is 1. The average molecular weight is 248 g/mol. The van der Waals surface area contributed by atoms with Crippen molar-refractivity contribution in [1.29, 1.82) is 0 Å². The molecule has 0 saturated heterocycles. The molecule has 1 aromatic carbocycles. The molecule has 1 aromatic rings. The molecule has 0 bridgehead atoms. The Morgan fingerprint density at radius 1 is 1.50 bits per heavy atom. The van der Waals surface area contributed by atoms with Crippen LogP contribution in [0.5, 0.6) is 0 Å². The minimum absolute atomic E-state index is 0.561. The van der Waals surface area contributed by atoms with Crippen LogP contribution in [0.25, 0.3) is 0 Å². The highest BCUT2D eigenvalue weighted by Gasteiger charge is 2.32. The lowest BCUT2D eigenvalue weighted by molar-refractivity contribution is -0.000766. The van der Waals surface area contributed by atoms with E-state index in [9.17, 15) is 5.11 Å². The third-order valence-electron chi connectivity index (χ3n) is 3.94. The van der Waals surface area contributed by atoms with Gasteiger partial charge in [0.25, 0.3) is 0 Å². The number of benzene rings is 1. The Morgan fingerprint density at radius 3 is 3.00 bits per heavy atom. The van der Waals surface area contributed by atoms with Gasteiger partial charge in [-0.3, -0.25) is 0 Å². The lowest BCUT2D eigenvalue weighted by Gasteiger charge is -2.36. The lowest BCUT2D eigenvalue weighted by atomic mass is 9.79. The van der Waals surface area contributed by atoms with Crippen LogP contribution in [0.4, 0.5) is 11.4 Å². The highest BCUT2D eigenvalue weighted by atomic mass is 16.3. The summed E-state index contributed by atoms with van der Waals surface area (Å²) in [5.74, 6) is 0.618. The molecule has 100 valence electrons. The summed E-state index contributed by atoms with van der Waals surface area (Å²) in [6.07, 6.45) is 4.14. The van der Waals surface area contributed by atoms with Gasteiger partial charge in [-0.1, -0.05) is 25.8 Å². The van der Waals surface area contributed by atoms with Gasteiger partial charge in [0.1, 0.15) is 0 Å². The van der Waals surface area contributed by atoms with E-state index < -0.39 is 5.60 Å². The predicted octanol–water partition coefficient (Wildman–Crippen LogP) is 2.93. The molecule has 1 fully saturated rings. The first kappa shape index (κ1) is 13.2. The van der Waals surface area contributed by atoms with Gasteiger partial charge < -0.3 is 16.2 Å². The molecule has 2 atom stereocenters. The maximum Gasteiger partial charge on any atom is 0.0821 e. The van der Waals surface area contributed by atoms with Crippen LogP contribution >= 0.6 is 0 Å². The van der Waals surface area contributed by atoms with Crippen molar-refractivity contribution >= 4 is 11.4 Å². The number of hydrogen-bond acceptors (Lipinski definition) is 3. The standard InChI is InChI=1S/C15H24N2O/c1-11-4-3-7-15(18,9-11)10-17-14-8-13(16)6-5-12(14)2/h5-6,8,11,17-18H,3-4,7,9-10,16H2,1-2H3. The van der Waals surface area contributed by atoms with Crippen molar-refractivity contribution < 1.29 is 5.11 Å². The van der Waals surface area contributed by atoms with Crippen molar-refractivity contribution in [2.75, 3.05) is 17.6 Å². The van der Waals surface area contributed by atoms with Crippen molar-refractivity contribution in [2.45, 2.75) is 45.1 Å². The van der Waals surface area contributed by atoms with Gasteiger partial charge in [-0.05, 0) is 43.4 Å². The molecule has 4 N–H and O–H groups in total. The summed E-state index contributed by atoms with van der Waals surface area (Å²) < 4.78 is 0. The first-order chi connectivity index (χ1) is 8.48. The van der Waals surface area contributed by atoms with E-state index in [-0.39, 0.29) is 0 Å². The molecule has 3 nitrogen and oxygen atoms in total. The minimum Gasteiger partial charge on any atom is -0.399 e. The average Bonchev–Trinajstić information content (AvgIpc) is 2.30. The summed E-state index contributed by atoms with van der Waals surface area (Å²) in [7, 11) is 0. The number of aryl methyl sites for hydroxylation is 1. The molecule has 18 heavy (non-hydrogen) atoms. The Balaban J connectivity index is 2.00. The van der Waals surface area contributed by atoms with E-state index in [1.54, 1.807) is 0 Å². The third kappa shape index (κ3) is 3.16. The fourth-order valence-electron chi connectivity index (χ4n) is 2.88. The molecule has 0 spiro atoms. The fourth-order valence-corrected chi connectivity index (χ4v) is 2.88. The molecule has 3 heteroatoms. The molecule has 0 radical (unpaired) electrons. The van der Waals surface area contributed by atoms with E-state index in [0.717, 1.165) is 36.2 Å². The summed E-state index contributed by atoms with van der Waals surface area (Å²) in [4.78, 5) is 0. The molecule has 1 aliphatic rings. The molecular weight excluding hydrogens is 224 g/mol. The third-order valence-corrected chi connectivity index (χ3v) is 3.94. The highest BCUT2D eigenvalue weighted by molar-refractivity contribution is 5.59. The topological polar surface area (TPSA) is 58.3 Å². The van der Waals surface area contributed by atoms with Crippen molar-refractivity contribution in [3.05, 3.63) is 23.8 Å². The Morgan fingerprint density at radius 2 is 2.28 bits per heavy atom. The number of nitrogens with two attached hydrogens (primary N) is 1. The van der Waals surface area contributed by atoms with Gasteiger partial charge >= 0.3 is 0 Å². The van der Waals surface area contributed by atoms with Crippen LogP contribution in [-0.2, 0) is 0 Å². The van der Waals surface area contributed by atoms with Gasteiger partial charge in [0.05, 0.1) is 5.60 Å². The molecule has 1 saturated carbocycles. The van der Waals surface area contributed by atoms with Crippen LogP contribution in [0.1, 0.15) is 38.2 Å². The van der Waals surface area contributed by atoms with Crippen LogP contribution in [0, 0.1) is 12.8 Å². The van der Waals surface area contributed by atoms with Crippen LogP contribution in [0.15, 0.2) is 18.2 Å². The van der Waals surface area contributed by atoms with E-state index in [0.29, 0.717) is 12.5 Å². The summed E-state index contributed by atoms with van der Waals surface area (Å²) in [6.45, 7) is 4.88. The Hall–Kier alpha value is -1.22. The first-order valence-electron chi connectivity index (χ1n) is 6.81. The molecule has 1 aliphatic carbocycles. The number of anilines is 2. The van der Waals surface area contributed by atoms with Gasteiger partial charge in [-0.25, -0.2) is 0 Å². The van der Waals surface area contributed by atoms with Crippen LogP contribution in [0.2, 0.25) is 0 Å². The zero-order chi connectivity index (χ0) is 13.2. The van der Waals surface area contributed by atoms with Crippen LogP contribution < -0.4 is 11.1 Å². The highest BCUT2D eigenvalue weighted by Crippen LogP contribution is 2.32. The van der Waals surface area contributed by atoms with Crippen molar-refractivity contribution in [1.82, 2.24) is 0 Å². The number of rotatable bonds is 3. The number of hydrogen-bond donors (Lipinski definition) is 3. The smallest absolute Gasteiger partial charge is 0.0821 e. The molecular formula is C15H24N2O. The predicted molar refractivity (Wildman–Crippen MR) is 76.7 cm³/mol. The van der Waals surface area contributed by atoms with E-state index >= 15 is 0 Å². The summed E-state index contributed by atoms with van der Waals surface area (Å²) >= 11 is 0. The van der Waals surface area contributed by atoms with Gasteiger partial charge in [-0.15, -0.1) is 0 Å². The Kier molecular flexibility index (Phi) is 3.81. The fraction of sp³-hybridized carbons (Fsp3) is 0.600. The molecule has 0 aliphatic heterocycles. The molecule has 2 rings (SSSR count). The van der Waals surface area contributed by atoms with E-state index in [1.165, 1.54) is 6.42 Å². The van der Waals surface area contributed by atoms with Gasteiger partial charge in [0, 0.05) is 17.9 Å². The SMILES string of the molecule is Cc1ccc(N)cc1NCC1(O)CCCC(C)C1. The van der Waals surface area contributed by atoms with E-state index in [4.69, 9.17) is 5.73 Å². The molecule has 0 aromatic heterocycles. The molecule has 0 amide bonds. The van der Waals surface area contributed by atoms with Crippen molar-refractivity contribution in [3.63, 3.8) is 0 Å². The van der Waals surface area contributed by atoms with E-state index in [2.05, 4.69) is 19.2 Å². The second-order valence-corrected chi connectivity index (χ2v) is 5.85. The Labute approximate surface area is 109 Å². The van der Waals surface area contributed by atoms with Gasteiger partial charge in [0.2, 0.25) is 0 Å². The number of aliphatic hydroxyl groups is 1. The summed E-state index contributed by atoms with van der Waals surface area (Å²) in [5.41, 5.74) is 8.18. The van der Waals surface area contributed by atoms with Crippen LogP contribution in [-0.4, -0.2) is 17.3 Å².